The van der Waals surface area contributed by atoms with Crippen molar-refractivity contribution in [2.24, 2.45) is 0 Å². The van der Waals surface area contributed by atoms with Gasteiger partial charge in [0, 0.05) is 11.6 Å². The van der Waals surface area contributed by atoms with Crippen LogP contribution in [0.15, 0.2) is 24.3 Å². The Kier molecular flexibility index (Phi) is 3.77. The summed E-state index contributed by atoms with van der Waals surface area (Å²) >= 11 is 0. The van der Waals surface area contributed by atoms with E-state index in [1.165, 1.54) is 38.3 Å². The molecule has 0 radical (unpaired) electrons. The fourth-order valence-electron chi connectivity index (χ4n) is 1.16. The van der Waals surface area contributed by atoms with E-state index >= 15 is 0 Å². The van der Waals surface area contributed by atoms with E-state index in [4.69, 9.17) is 4.74 Å². The Labute approximate surface area is 92.5 Å². The molecule has 5 heteroatoms. The number of nitrogens with zero attached hydrogens (tertiary/aromatic N) is 1. The Balaban J connectivity index is 3.11. The summed E-state index contributed by atoms with van der Waals surface area (Å²) in [6, 6.07) is 4.22. The van der Waals surface area contributed by atoms with Gasteiger partial charge in [-0.15, -0.1) is 0 Å². The number of hydrogen-bond acceptors (Lipinski definition) is 4. The number of methoxy groups -OCH3 is 1. The summed E-state index contributed by atoms with van der Waals surface area (Å²) in [5.74, 6) is 0.270. The Morgan fingerprint density at radius 3 is 2.69 bits per heavy atom. The molecular formula is C11H11NO4. The monoisotopic (exact) mass is 221 g/mol. The lowest BCUT2D eigenvalue weighted by Gasteiger charge is -2.03. The lowest BCUT2D eigenvalue weighted by molar-refractivity contribution is -0.384. The zero-order chi connectivity index (χ0) is 12.1. The predicted molar refractivity (Wildman–Crippen MR) is 59.4 cm³/mol. The van der Waals surface area contributed by atoms with Crippen molar-refractivity contribution in [3.8, 4) is 5.75 Å². The average molecular weight is 221 g/mol. The summed E-state index contributed by atoms with van der Waals surface area (Å²) in [6.45, 7) is 1.42. The van der Waals surface area contributed by atoms with Gasteiger partial charge in [0.05, 0.1) is 18.1 Å². The van der Waals surface area contributed by atoms with Gasteiger partial charge in [0.25, 0.3) is 5.69 Å². The Morgan fingerprint density at radius 1 is 1.50 bits per heavy atom. The summed E-state index contributed by atoms with van der Waals surface area (Å²) in [5.41, 5.74) is 0.583. The number of ether oxygens (including phenoxy) is 1. The van der Waals surface area contributed by atoms with Crippen molar-refractivity contribution in [2.45, 2.75) is 6.92 Å². The third-order valence-electron chi connectivity index (χ3n) is 1.93. The molecular weight excluding hydrogens is 210 g/mol. The molecule has 0 aliphatic carbocycles. The summed E-state index contributed by atoms with van der Waals surface area (Å²) in [4.78, 5) is 20.8. The highest BCUT2D eigenvalue weighted by molar-refractivity contribution is 5.91. The fourth-order valence-corrected chi connectivity index (χ4v) is 1.16. The fraction of sp³-hybridized carbons (Fsp3) is 0.182. The van der Waals surface area contributed by atoms with Crippen LogP contribution >= 0.6 is 0 Å². The smallest absolute Gasteiger partial charge is 0.273 e. The zero-order valence-corrected chi connectivity index (χ0v) is 8.97. The van der Waals surface area contributed by atoms with Gasteiger partial charge in [-0.25, -0.2) is 0 Å². The molecule has 0 aliphatic heterocycles. The zero-order valence-electron chi connectivity index (χ0n) is 8.97. The Hall–Kier alpha value is -2.17. The molecule has 0 saturated heterocycles. The van der Waals surface area contributed by atoms with Gasteiger partial charge in [0.1, 0.15) is 5.75 Å². The van der Waals surface area contributed by atoms with Crippen LogP contribution in [-0.4, -0.2) is 17.8 Å². The van der Waals surface area contributed by atoms with Gasteiger partial charge >= 0.3 is 0 Å². The average Bonchev–Trinajstić information content (AvgIpc) is 2.25. The van der Waals surface area contributed by atoms with Crippen LogP contribution < -0.4 is 4.74 Å². The number of rotatable bonds is 4. The first kappa shape index (κ1) is 11.9. The number of carbonyl (C=O) groups excluding carboxylic acids is 1. The lowest BCUT2D eigenvalue weighted by Crippen LogP contribution is -1.92. The van der Waals surface area contributed by atoms with Crippen LogP contribution in [0.25, 0.3) is 6.08 Å². The van der Waals surface area contributed by atoms with E-state index in [0.29, 0.717) is 11.3 Å². The number of non-ortho nitro benzene ring substituents is 1. The molecule has 0 unspecified atom stereocenters. The molecule has 84 valence electrons. The molecule has 0 spiro atoms. The minimum Gasteiger partial charge on any atom is -0.496 e. The second kappa shape index (κ2) is 5.06. The number of benzene rings is 1. The molecule has 1 rings (SSSR count). The van der Waals surface area contributed by atoms with Crippen LogP contribution in [-0.2, 0) is 4.79 Å². The number of ketones is 1. The number of allylic oxidation sites excluding steroid dienone is 1. The van der Waals surface area contributed by atoms with Crippen molar-refractivity contribution >= 4 is 17.5 Å². The third kappa shape index (κ3) is 2.91. The second-order valence-corrected chi connectivity index (χ2v) is 3.13. The number of carbonyl (C=O) groups is 1. The van der Waals surface area contributed by atoms with E-state index in [2.05, 4.69) is 0 Å². The first-order valence-electron chi connectivity index (χ1n) is 4.55. The van der Waals surface area contributed by atoms with Gasteiger partial charge < -0.3 is 4.74 Å². The van der Waals surface area contributed by atoms with Crippen molar-refractivity contribution in [1.82, 2.24) is 0 Å². The maximum Gasteiger partial charge on any atom is 0.273 e. The van der Waals surface area contributed by atoms with E-state index in [1.807, 2.05) is 0 Å². The normalized spacial score (nSPS) is 10.4. The van der Waals surface area contributed by atoms with Crippen molar-refractivity contribution < 1.29 is 14.5 Å². The molecule has 1 aromatic rings. The first-order chi connectivity index (χ1) is 7.54. The maximum absolute atomic E-state index is 10.8. The molecule has 0 aromatic heterocycles. The summed E-state index contributed by atoms with van der Waals surface area (Å²) in [6.07, 6.45) is 2.94. The third-order valence-corrected chi connectivity index (χ3v) is 1.93. The summed E-state index contributed by atoms with van der Waals surface area (Å²) in [7, 11) is 1.42. The molecule has 0 saturated carbocycles. The Bertz CT molecular complexity index is 451. The highest BCUT2D eigenvalue weighted by Gasteiger charge is 2.09. The van der Waals surface area contributed by atoms with Crippen LogP contribution in [0.1, 0.15) is 12.5 Å². The quantitative estimate of drug-likeness (QED) is 0.444. The molecule has 5 nitrogen and oxygen atoms in total. The van der Waals surface area contributed by atoms with Gasteiger partial charge in [0.15, 0.2) is 5.78 Å². The van der Waals surface area contributed by atoms with Crippen molar-refractivity contribution in [3.63, 3.8) is 0 Å². The highest BCUT2D eigenvalue weighted by atomic mass is 16.6. The van der Waals surface area contributed by atoms with Crippen molar-refractivity contribution in [2.75, 3.05) is 7.11 Å². The molecule has 0 amide bonds. The minimum atomic E-state index is -0.499. The topological polar surface area (TPSA) is 69.4 Å². The van der Waals surface area contributed by atoms with Crippen LogP contribution in [0.2, 0.25) is 0 Å². The van der Waals surface area contributed by atoms with Gasteiger partial charge in [-0.3, -0.25) is 14.9 Å². The SMILES string of the molecule is COc1cc([N+](=O)[O-])ccc1C=CC(C)=O. The van der Waals surface area contributed by atoms with Gasteiger partial charge in [-0.05, 0) is 25.1 Å². The molecule has 1 aromatic carbocycles. The predicted octanol–water partition coefficient (Wildman–Crippen LogP) is 2.21. The van der Waals surface area contributed by atoms with Crippen LogP contribution in [0.5, 0.6) is 5.75 Å². The number of hydrogen-bond donors (Lipinski definition) is 0. The van der Waals surface area contributed by atoms with E-state index in [-0.39, 0.29) is 11.5 Å². The molecule has 0 aliphatic rings. The molecule has 16 heavy (non-hydrogen) atoms. The van der Waals surface area contributed by atoms with Gasteiger partial charge in [-0.1, -0.05) is 0 Å². The van der Waals surface area contributed by atoms with E-state index in [9.17, 15) is 14.9 Å². The summed E-state index contributed by atoms with van der Waals surface area (Å²) in [5, 5.41) is 10.5. The summed E-state index contributed by atoms with van der Waals surface area (Å²) < 4.78 is 5.00. The van der Waals surface area contributed by atoms with Gasteiger partial charge in [-0.2, -0.15) is 0 Å². The Morgan fingerprint density at radius 2 is 2.19 bits per heavy atom. The molecule has 0 fully saturated rings. The van der Waals surface area contributed by atoms with Crippen LogP contribution in [0.4, 0.5) is 5.69 Å². The van der Waals surface area contributed by atoms with Crippen LogP contribution in [0, 0.1) is 10.1 Å². The largest absolute Gasteiger partial charge is 0.496 e. The molecule has 0 atom stereocenters. The molecule has 0 heterocycles. The van der Waals surface area contributed by atoms with Gasteiger partial charge in [0.2, 0.25) is 0 Å². The minimum absolute atomic E-state index is 0.0446. The first-order valence-corrected chi connectivity index (χ1v) is 4.55. The molecule has 0 bridgehead atoms. The molecule has 0 N–H and O–H groups in total. The van der Waals surface area contributed by atoms with E-state index < -0.39 is 4.92 Å². The second-order valence-electron chi connectivity index (χ2n) is 3.13. The van der Waals surface area contributed by atoms with Crippen LogP contribution in [0.3, 0.4) is 0 Å². The van der Waals surface area contributed by atoms with Crippen molar-refractivity contribution in [1.29, 1.82) is 0 Å². The maximum atomic E-state index is 10.8. The number of nitro groups is 1. The van der Waals surface area contributed by atoms with E-state index in [1.54, 1.807) is 6.08 Å². The lowest BCUT2D eigenvalue weighted by atomic mass is 10.1. The highest BCUT2D eigenvalue weighted by Crippen LogP contribution is 2.25. The van der Waals surface area contributed by atoms with Crippen molar-refractivity contribution in [3.05, 3.63) is 40.0 Å². The number of nitro benzene ring substituents is 1. The standard InChI is InChI=1S/C11H11NO4/c1-8(13)3-4-9-5-6-10(12(14)15)7-11(9)16-2/h3-7H,1-2H3. The van der Waals surface area contributed by atoms with E-state index in [0.717, 1.165) is 0 Å².